The van der Waals surface area contributed by atoms with Crippen LogP contribution in [-0.2, 0) is 16.0 Å². The van der Waals surface area contributed by atoms with Gasteiger partial charge in [-0.3, -0.25) is 9.59 Å². The molecule has 2 rings (SSSR count). The number of anilines is 3. The number of hydrogen-bond acceptors (Lipinski definition) is 4. The van der Waals surface area contributed by atoms with Crippen LogP contribution in [-0.4, -0.2) is 24.9 Å². The topological polar surface area (TPSA) is 96.2 Å². The van der Waals surface area contributed by atoms with Crippen molar-refractivity contribution in [1.29, 1.82) is 0 Å². The summed E-state index contributed by atoms with van der Waals surface area (Å²) in [5, 5.41) is 8.69. The number of fused-ring (bicyclic) bond motifs is 1. The average molecular weight is 262 g/mol. The molecule has 0 aliphatic carbocycles. The zero-order chi connectivity index (χ0) is 13.8. The molecule has 102 valence electrons. The molecular weight excluding hydrogens is 244 g/mol. The first-order chi connectivity index (χ1) is 9.06. The van der Waals surface area contributed by atoms with Crippen molar-refractivity contribution in [1.82, 2.24) is 5.32 Å². The van der Waals surface area contributed by atoms with Gasteiger partial charge in [-0.15, -0.1) is 0 Å². The number of carbonyl (C=O) groups excluding carboxylic acids is 2. The molecule has 5 N–H and O–H groups in total. The van der Waals surface area contributed by atoms with Crippen LogP contribution in [0.1, 0.15) is 18.9 Å². The summed E-state index contributed by atoms with van der Waals surface area (Å²) in [7, 11) is 0. The summed E-state index contributed by atoms with van der Waals surface area (Å²) in [6.07, 6.45) is 1.23. The van der Waals surface area contributed by atoms with E-state index in [9.17, 15) is 9.59 Å². The maximum Gasteiger partial charge on any atom is 0.224 e. The van der Waals surface area contributed by atoms with E-state index in [0.29, 0.717) is 25.2 Å². The fourth-order valence-electron chi connectivity index (χ4n) is 2.03. The SMILES string of the molecule is CC(=O)NCCNc1cc2c(cc1N)NC(=O)CC2. The standard InChI is InChI=1S/C13H18N4O2/c1-8(18)15-4-5-16-12-6-9-2-3-13(19)17-11(9)7-10(12)14/h6-7,16H,2-5,14H2,1H3,(H,15,18)(H,17,19). The van der Waals surface area contributed by atoms with Crippen molar-refractivity contribution in [2.45, 2.75) is 19.8 Å². The number of nitrogens with one attached hydrogen (secondary N) is 3. The molecule has 0 saturated carbocycles. The van der Waals surface area contributed by atoms with Crippen LogP contribution in [0.2, 0.25) is 0 Å². The Morgan fingerprint density at radius 2 is 2.16 bits per heavy atom. The lowest BCUT2D eigenvalue weighted by Crippen LogP contribution is -2.26. The third-order valence-electron chi connectivity index (χ3n) is 2.99. The molecule has 1 aliphatic heterocycles. The van der Waals surface area contributed by atoms with Crippen molar-refractivity contribution in [3.8, 4) is 0 Å². The second kappa shape index (κ2) is 5.60. The van der Waals surface area contributed by atoms with Gasteiger partial charge in [-0.05, 0) is 24.1 Å². The van der Waals surface area contributed by atoms with Gasteiger partial charge >= 0.3 is 0 Å². The Hall–Kier alpha value is -2.24. The van der Waals surface area contributed by atoms with Crippen LogP contribution in [0.4, 0.5) is 17.1 Å². The Balaban J connectivity index is 2.01. The molecule has 1 heterocycles. The van der Waals surface area contributed by atoms with Crippen LogP contribution in [0.5, 0.6) is 0 Å². The van der Waals surface area contributed by atoms with Crippen molar-refractivity contribution in [2.75, 3.05) is 29.5 Å². The molecule has 0 atom stereocenters. The van der Waals surface area contributed by atoms with Gasteiger partial charge in [0.15, 0.2) is 0 Å². The molecule has 0 aromatic heterocycles. The highest BCUT2D eigenvalue weighted by Crippen LogP contribution is 2.30. The van der Waals surface area contributed by atoms with E-state index in [1.807, 2.05) is 6.07 Å². The highest BCUT2D eigenvalue weighted by Gasteiger charge is 2.16. The van der Waals surface area contributed by atoms with E-state index in [4.69, 9.17) is 5.73 Å². The van der Waals surface area contributed by atoms with Gasteiger partial charge in [0.25, 0.3) is 0 Å². The molecule has 6 heteroatoms. The number of aryl methyl sites for hydroxylation is 1. The smallest absolute Gasteiger partial charge is 0.224 e. The van der Waals surface area contributed by atoms with Gasteiger partial charge in [0.2, 0.25) is 11.8 Å². The molecule has 0 radical (unpaired) electrons. The molecule has 1 aromatic carbocycles. The monoisotopic (exact) mass is 262 g/mol. The molecular formula is C13H18N4O2. The van der Waals surface area contributed by atoms with Crippen LogP contribution >= 0.6 is 0 Å². The summed E-state index contributed by atoms with van der Waals surface area (Å²) >= 11 is 0. The van der Waals surface area contributed by atoms with Crippen LogP contribution in [0.3, 0.4) is 0 Å². The summed E-state index contributed by atoms with van der Waals surface area (Å²) < 4.78 is 0. The van der Waals surface area contributed by atoms with Crippen LogP contribution < -0.4 is 21.7 Å². The first-order valence-electron chi connectivity index (χ1n) is 6.27. The molecule has 0 fully saturated rings. The largest absolute Gasteiger partial charge is 0.397 e. The maximum atomic E-state index is 11.3. The Bertz CT molecular complexity index is 514. The van der Waals surface area contributed by atoms with Gasteiger partial charge in [0.1, 0.15) is 0 Å². The van der Waals surface area contributed by atoms with E-state index in [0.717, 1.165) is 23.4 Å². The summed E-state index contributed by atoms with van der Waals surface area (Å²) in [6.45, 7) is 2.63. The Labute approximate surface area is 111 Å². The van der Waals surface area contributed by atoms with Crippen molar-refractivity contribution >= 4 is 28.9 Å². The first kappa shape index (κ1) is 13.2. The molecule has 1 aliphatic rings. The van der Waals surface area contributed by atoms with Crippen LogP contribution in [0.15, 0.2) is 12.1 Å². The minimum atomic E-state index is -0.0528. The third kappa shape index (κ3) is 3.37. The second-order valence-electron chi connectivity index (χ2n) is 4.55. The molecule has 1 aromatic rings. The number of amides is 2. The van der Waals surface area contributed by atoms with Gasteiger partial charge < -0.3 is 21.7 Å². The summed E-state index contributed by atoms with van der Waals surface area (Å²) in [5.41, 5.74) is 9.22. The van der Waals surface area contributed by atoms with Gasteiger partial charge in [0.05, 0.1) is 11.4 Å². The summed E-state index contributed by atoms with van der Waals surface area (Å²) in [6, 6.07) is 3.73. The number of carbonyl (C=O) groups is 2. The number of benzene rings is 1. The van der Waals surface area contributed by atoms with Crippen LogP contribution in [0, 0.1) is 0 Å². The van der Waals surface area contributed by atoms with Crippen molar-refractivity contribution in [2.24, 2.45) is 0 Å². The Morgan fingerprint density at radius 3 is 2.89 bits per heavy atom. The summed E-state index contributed by atoms with van der Waals surface area (Å²) in [4.78, 5) is 22.0. The summed E-state index contributed by atoms with van der Waals surface area (Å²) in [5.74, 6) is -0.0267. The quantitative estimate of drug-likeness (QED) is 0.474. The molecule has 0 bridgehead atoms. The Morgan fingerprint density at radius 1 is 1.37 bits per heavy atom. The van der Waals surface area contributed by atoms with E-state index in [1.54, 1.807) is 6.07 Å². The minimum Gasteiger partial charge on any atom is -0.397 e. The number of nitrogen functional groups attached to an aromatic ring is 1. The van der Waals surface area contributed by atoms with Gasteiger partial charge in [-0.2, -0.15) is 0 Å². The minimum absolute atomic E-state index is 0.0262. The lowest BCUT2D eigenvalue weighted by molar-refractivity contribution is -0.119. The number of nitrogens with two attached hydrogens (primary N) is 1. The van der Waals surface area contributed by atoms with E-state index in [-0.39, 0.29) is 11.8 Å². The zero-order valence-electron chi connectivity index (χ0n) is 10.9. The highest BCUT2D eigenvalue weighted by atomic mass is 16.2. The molecule has 0 saturated heterocycles. The number of rotatable bonds is 4. The molecule has 0 unspecified atom stereocenters. The molecule has 2 amide bonds. The molecule has 19 heavy (non-hydrogen) atoms. The fraction of sp³-hybridized carbons (Fsp3) is 0.385. The second-order valence-corrected chi connectivity index (χ2v) is 4.55. The average Bonchev–Trinajstić information content (AvgIpc) is 2.34. The van der Waals surface area contributed by atoms with E-state index in [2.05, 4.69) is 16.0 Å². The van der Waals surface area contributed by atoms with E-state index in [1.165, 1.54) is 6.92 Å². The maximum absolute atomic E-state index is 11.3. The molecule has 0 spiro atoms. The van der Waals surface area contributed by atoms with Crippen molar-refractivity contribution < 1.29 is 9.59 Å². The lowest BCUT2D eigenvalue weighted by Gasteiger charge is -2.19. The van der Waals surface area contributed by atoms with Crippen molar-refractivity contribution in [3.05, 3.63) is 17.7 Å². The first-order valence-corrected chi connectivity index (χ1v) is 6.27. The van der Waals surface area contributed by atoms with Crippen LogP contribution in [0.25, 0.3) is 0 Å². The predicted molar refractivity (Wildman–Crippen MR) is 75.0 cm³/mol. The van der Waals surface area contributed by atoms with E-state index < -0.39 is 0 Å². The number of hydrogen-bond donors (Lipinski definition) is 4. The van der Waals surface area contributed by atoms with Gasteiger partial charge in [-0.1, -0.05) is 0 Å². The van der Waals surface area contributed by atoms with E-state index >= 15 is 0 Å². The molecule has 6 nitrogen and oxygen atoms in total. The fourth-order valence-corrected chi connectivity index (χ4v) is 2.03. The predicted octanol–water partition coefficient (Wildman–Crippen LogP) is 0.701. The Kier molecular flexibility index (Phi) is 3.89. The zero-order valence-corrected chi connectivity index (χ0v) is 10.9. The third-order valence-corrected chi connectivity index (χ3v) is 2.99. The van der Waals surface area contributed by atoms with Gasteiger partial charge in [-0.25, -0.2) is 0 Å². The highest BCUT2D eigenvalue weighted by molar-refractivity contribution is 5.95. The normalized spacial score (nSPS) is 13.4. The van der Waals surface area contributed by atoms with Crippen molar-refractivity contribution in [3.63, 3.8) is 0 Å². The van der Waals surface area contributed by atoms with Gasteiger partial charge in [0, 0.05) is 32.1 Å². The lowest BCUT2D eigenvalue weighted by atomic mass is 10.0.